The van der Waals surface area contributed by atoms with Crippen molar-refractivity contribution in [2.24, 2.45) is 0 Å². The summed E-state index contributed by atoms with van der Waals surface area (Å²) in [4.78, 5) is 10.2. The fraction of sp³-hybridized carbons (Fsp3) is 0.273. The van der Waals surface area contributed by atoms with Gasteiger partial charge in [-0.15, -0.1) is 0 Å². The number of nitro groups is 1. The van der Waals surface area contributed by atoms with Crippen LogP contribution in [0.25, 0.3) is 0 Å². The normalized spacial score (nSPS) is 9.69. The Balaban J connectivity index is 2.88. The first-order chi connectivity index (χ1) is 7.50. The highest BCUT2D eigenvalue weighted by Gasteiger charge is 2.14. The van der Waals surface area contributed by atoms with Crippen molar-refractivity contribution in [2.45, 2.75) is 13.8 Å². The summed E-state index contributed by atoms with van der Waals surface area (Å²) in [5, 5.41) is 11.1. The minimum atomic E-state index is -0.492. The van der Waals surface area contributed by atoms with Gasteiger partial charge in [-0.25, -0.2) is 0 Å². The van der Waals surface area contributed by atoms with Crippen molar-refractivity contribution in [1.29, 1.82) is 0 Å². The molecule has 1 aromatic rings. The Morgan fingerprint density at radius 3 is 2.81 bits per heavy atom. The second-order valence-corrected chi connectivity index (χ2v) is 3.90. The molecular formula is C11H12ClNO3. The van der Waals surface area contributed by atoms with Gasteiger partial charge in [-0.3, -0.25) is 10.1 Å². The van der Waals surface area contributed by atoms with Crippen LogP contribution in [0.4, 0.5) is 5.69 Å². The van der Waals surface area contributed by atoms with E-state index in [1.807, 2.05) is 19.9 Å². The van der Waals surface area contributed by atoms with Gasteiger partial charge in [-0.2, -0.15) is 0 Å². The summed E-state index contributed by atoms with van der Waals surface area (Å²) < 4.78 is 5.29. The van der Waals surface area contributed by atoms with Crippen molar-refractivity contribution in [3.8, 4) is 5.75 Å². The minimum absolute atomic E-state index is 0.0773. The van der Waals surface area contributed by atoms with E-state index < -0.39 is 4.92 Å². The van der Waals surface area contributed by atoms with Crippen LogP contribution in [0.2, 0.25) is 5.02 Å². The molecule has 0 N–H and O–H groups in total. The molecule has 1 rings (SSSR count). The van der Waals surface area contributed by atoms with Gasteiger partial charge >= 0.3 is 5.69 Å². The van der Waals surface area contributed by atoms with Gasteiger partial charge in [0.15, 0.2) is 5.75 Å². The van der Waals surface area contributed by atoms with E-state index in [0.717, 1.165) is 5.57 Å². The average molecular weight is 242 g/mol. The van der Waals surface area contributed by atoms with E-state index in [-0.39, 0.29) is 11.4 Å². The third kappa shape index (κ3) is 3.55. The number of ether oxygens (including phenoxy) is 1. The molecule has 0 aromatic heterocycles. The number of halogens is 1. The zero-order valence-corrected chi connectivity index (χ0v) is 9.82. The van der Waals surface area contributed by atoms with Gasteiger partial charge in [0, 0.05) is 17.2 Å². The Hall–Kier alpha value is -1.55. The number of hydrogen-bond donors (Lipinski definition) is 0. The van der Waals surface area contributed by atoms with E-state index in [2.05, 4.69) is 0 Å². The van der Waals surface area contributed by atoms with Crippen molar-refractivity contribution in [2.75, 3.05) is 6.61 Å². The molecule has 16 heavy (non-hydrogen) atoms. The second kappa shape index (κ2) is 5.51. The molecule has 0 heterocycles. The molecule has 0 aliphatic carbocycles. The monoisotopic (exact) mass is 241 g/mol. The molecule has 4 nitrogen and oxygen atoms in total. The van der Waals surface area contributed by atoms with E-state index in [1.54, 1.807) is 0 Å². The van der Waals surface area contributed by atoms with E-state index in [0.29, 0.717) is 11.6 Å². The predicted octanol–water partition coefficient (Wildman–Crippen LogP) is 3.59. The number of rotatable bonds is 4. The van der Waals surface area contributed by atoms with Crippen molar-refractivity contribution in [3.63, 3.8) is 0 Å². The molecule has 0 fully saturated rings. The summed E-state index contributed by atoms with van der Waals surface area (Å²) in [5.41, 5.74) is 1.01. The van der Waals surface area contributed by atoms with Gasteiger partial charge < -0.3 is 4.74 Å². The molecule has 0 unspecified atom stereocenters. The van der Waals surface area contributed by atoms with Gasteiger partial charge in [0.25, 0.3) is 0 Å². The molecule has 0 aliphatic heterocycles. The van der Waals surface area contributed by atoms with Crippen LogP contribution in [0.15, 0.2) is 29.8 Å². The predicted molar refractivity (Wildman–Crippen MR) is 63.0 cm³/mol. The molecule has 0 radical (unpaired) electrons. The molecule has 86 valence electrons. The largest absolute Gasteiger partial charge is 0.483 e. The van der Waals surface area contributed by atoms with E-state index in [1.165, 1.54) is 18.2 Å². The standard InChI is InChI=1S/C11H12ClNO3/c1-8(2)5-6-16-11-7-9(12)3-4-10(11)13(14)15/h3-5,7H,6H2,1-2H3. The van der Waals surface area contributed by atoms with Crippen LogP contribution < -0.4 is 4.74 Å². The molecule has 0 bridgehead atoms. The van der Waals surface area contributed by atoms with Crippen LogP contribution in [-0.2, 0) is 0 Å². The van der Waals surface area contributed by atoms with Crippen molar-refractivity contribution >= 4 is 17.3 Å². The van der Waals surface area contributed by atoms with Gasteiger partial charge in [0.05, 0.1) is 4.92 Å². The molecule has 0 aliphatic rings. The Kier molecular flexibility index (Phi) is 4.31. The number of nitro benzene ring substituents is 1. The Bertz CT molecular complexity index is 425. The van der Waals surface area contributed by atoms with Crippen molar-refractivity contribution < 1.29 is 9.66 Å². The smallest absolute Gasteiger partial charge is 0.311 e. The highest BCUT2D eigenvalue weighted by Crippen LogP contribution is 2.29. The lowest BCUT2D eigenvalue weighted by atomic mass is 10.3. The van der Waals surface area contributed by atoms with Crippen molar-refractivity contribution in [3.05, 3.63) is 45.0 Å². The maximum Gasteiger partial charge on any atom is 0.311 e. The van der Waals surface area contributed by atoms with Gasteiger partial charge in [-0.05, 0) is 26.0 Å². The van der Waals surface area contributed by atoms with Crippen LogP contribution in [0.1, 0.15) is 13.8 Å². The fourth-order valence-corrected chi connectivity index (χ4v) is 1.21. The lowest BCUT2D eigenvalue weighted by molar-refractivity contribution is -0.385. The number of hydrogen-bond acceptors (Lipinski definition) is 3. The zero-order chi connectivity index (χ0) is 12.1. The first-order valence-corrected chi connectivity index (χ1v) is 5.08. The first-order valence-electron chi connectivity index (χ1n) is 4.71. The third-order valence-electron chi connectivity index (χ3n) is 1.85. The minimum Gasteiger partial charge on any atom is -0.483 e. The molecule has 1 aromatic carbocycles. The van der Waals surface area contributed by atoms with Crippen LogP contribution in [0, 0.1) is 10.1 Å². The van der Waals surface area contributed by atoms with Gasteiger partial charge in [0.2, 0.25) is 0 Å². The molecule has 0 spiro atoms. The van der Waals surface area contributed by atoms with Crippen LogP contribution >= 0.6 is 11.6 Å². The lowest BCUT2D eigenvalue weighted by Crippen LogP contribution is -1.98. The van der Waals surface area contributed by atoms with Gasteiger partial charge in [0.1, 0.15) is 6.61 Å². The molecular weight excluding hydrogens is 230 g/mol. The molecule has 0 atom stereocenters. The van der Waals surface area contributed by atoms with E-state index in [4.69, 9.17) is 16.3 Å². The maximum atomic E-state index is 10.7. The number of nitrogens with zero attached hydrogens (tertiary/aromatic N) is 1. The molecule has 0 saturated carbocycles. The topological polar surface area (TPSA) is 52.4 Å². The summed E-state index contributed by atoms with van der Waals surface area (Å²) in [5.74, 6) is 0.190. The van der Waals surface area contributed by atoms with Crippen LogP contribution in [-0.4, -0.2) is 11.5 Å². The Morgan fingerprint density at radius 2 is 2.25 bits per heavy atom. The zero-order valence-electron chi connectivity index (χ0n) is 9.07. The van der Waals surface area contributed by atoms with E-state index >= 15 is 0 Å². The SMILES string of the molecule is CC(C)=CCOc1cc(Cl)ccc1[N+](=O)[O-]. The summed E-state index contributed by atoms with van der Waals surface area (Å²) in [6.07, 6.45) is 1.84. The quantitative estimate of drug-likeness (QED) is 0.460. The summed E-state index contributed by atoms with van der Waals surface area (Å²) >= 11 is 5.74. The summed E-state index contributed by atoms with van der Waals surface area (Å²) in [7, 11) is 0. The van der Waals surface area contributed by atoms with Crippen LogP contribution in [0.3, 0.4) is 0 Å². The lowest BCUT2D eigenvalue weighted by Gasteiger charge is -2.04. The highest BCUT2D eigenvalue weighted by molar-refractivity contribution is 6.30. The van der Waals surface area contributed by atoms with E-state index in [9.17, 15) is 10.1 Å². The molecule has 0 amide bonds. The number of benzene rings is 1. The summed E-state index contributed by atoms with van der Waals surface area (Å²) in [6, 6.07) is 4.24. The molecule has 5 heteroatoms. The van der Waals surface area contributed by atoms with Crippen molar-refractivity contribution in [1.82, 2.24) is 0 Å². The maximum absolute atomic E-state index is 10.7. The first kappa shape index (κ1) is 12.5. The Morgan fingerprint density at radius 1 is 1.56 bits per heavy atom. The molecule has 0 saturated heterocycles. The van der Waals surface area contributed by atoms with Crippen LogP contribution in [0.5, 0.6) is 5.75 Å². The summed E-state index contributed by atoms with van der Waals surface area (Å²) in [6.45, 7) is 4.15. The third-order valence-corrected chi connectivity index (χ3v) is 2.08. The Labute approximate surface area is 98.6 Å². The number of allylic oxidation sites excluding steroid dienone is 1. The second-order valence-electron chi connectivity index (χ2n) is 3.46. The average Bonchev–Trinajstić information content (AvgIpc) is 2.16. The fourth-order valence-electron chi connectivity index (χ4n) is 1.05. The highest BCUT2D eigenvalue weighted by atomic mass is 35.5. The van der Waals surface area contributed by atoms with Gasteiger partial charge in [-0.1, -0.05) is 17.2 Å².